The Morgan fingerprint density at radius 2 is 2.11 bits per heavy atom. The lowest BCUT2D eigenvalue weighted by Gasteiger charge is -2.27. The molecule has 1 saturated heterocycles. The van der Waals surface area contributed by atoms with Crippen molar-refractivity contribution >= 4 is 11.8 Å². The first kappa shape index (κ1) is 14.8. The summed E-state index contributed by atoms with van der Waals surface area (Å²) in [5.74, 6) is -0.199. The highest BCUT2D eigenvalue weighted by Crippen LogP contribution is 2.40. The van der Waals surface area contributed by atoms with Crippen LogP contribution in [0.3, 0.4) is 0 Å². The summed E-state index contributed by atoms with van der Waals surface area (Å²) in [6, 6.07) is 6.81. The highest BCUT2D eigenvalue weighted by atomic mass is 32.2. The van der Waals surface area contributed by atoms with Gasteiger partial charge in [-0.2, -0.15) is 0 Å². The van der Waals surface area contributed by atoms with Crippen molar-refractivity contribution in [1.82, 2.24) is 0 Å². The minimum atomic E-state index is -0.199. The standard InChI is InChI=1S/C15H22FNOS/c1-3-13(17)15(11-4-6-12(16)7-5-11)19-14-8-9-18-10(14)2/h4-7,10,13-15H,3,8-9,17H2,1-2H3. The molecule has 19 heavy (non-hydrogen) atoms. The summed E-state index contributed by atoms with van der Waals surface area (Å²) in [4.78, 5) is 0. The van der Waals surface area contributed by atoms with E-state index in [1.807, 2.05) is 23.9 Å². The third kappa shape index (κ3) is 3.71. The predicted octanol–water partition coefficient (Wildman–Crippen LogP) is 3.51. The molecule has 1 fully saturated rings. The van der Waals surface area contributed by atoms with Crippen LogP contribution in [0.2, 0.25) is 0 Å². The lowest BCUT2D eigenvalue weighted by atomic mass is 10.0. The molecule has 1 aromatic carbocycles. The van der Waals surface area contributed by atoms with E-state index in [4.69, 9.17) is 10.5 Å². The molecule has 0 aliphatic carbocycles. The highest BCUT2D eigenvalue weighted by Gasteiger charge is 2.30. The van der Waals surface area contributed by atoms with Gasteiger partial charge < -0.3 is 10.5 Å². The molecule has 0 spiro atoms. The Balaban J connectivity index is 2.13. The monoisotopic (exact) mass is 283 g/mol. The number of hydrogen-bond donors (Lipinski definition) is 1. The summed E-state index contributed by atoms with van der Waals surface area (Å²) >= 11 is 1.88. The van der Waals surface area contributed by atoms with Crippen molar-refractivity contribution in [2.75, 3.05) is 6.61 Å². The van der Waals surface area contributed by atoms with Crippen LogP contribution >= 0.6 is 11.8 Å². The van der Waals surface area contributed by atoms with Gasteiger partial charge in [-0.25, -0.2) is 4.39 Å². The topological polar surface area (TPSA) is 35.2 Å². The van der Waals surface area contributed by atoms with Crippen molar-refractivity contribution in [2.45, 2.75) is 49.3 Å². The van der Waals surface area contributed by atoms with Crippen LogP contribution in [0.1, 0.15) is 37.5 Å². The van der Waals surface area contributed by atoms with Crippen molar-refractivity contribution < 1.29 is 9.13 Å². The molecule has 2 N–H and O–H groups in total. The first-order chi connectivity index (χ1) is 9.11. The smallest absolute Gasteiger partial charge is 0.123 e. The van der Waals surface area contributed by atoms with Crippen LogP contribution in [0.15, 0.2) is 24.3 Å². The fourth-order valence-corrected chi connectivity index (χ4v) is 3.99. The van der Waals surface area contributed by atoms with Gasteiger partial charge in [-0.05, 0) is 37.5 Å². The number of thioether (sulfide) groups is 1. The van der Waals surface area contributed by atoms with Crippen molar-refractivity contribution in [2.24, 2.45) is 5.73 Å². The Hall–Kier alpha value is -0.580. The summed E-state index contributed by atoms with van der Waals surface area (Å²) in [6.07, 6.45) is 2.26. The molecule has 0 aromatic heterocycles. The van der Waals surface area contributed by atoms with E-state index in [0.717, 1.165) is 25.0 Å². The molecular formula is C15H22FNOS. The number of benzene rings is 1. The summed E-state index contributed by atoms with van der Waals surface area (Å²) in [5, 5.41) is 0.687. The Morgan fingerprint density at radius 3 is 2.63 bits per heavy atom. The van der Waals surface area contributed by atoms with Crippen LogP contribution in [-0.4, -0.2) is 24.0 Å². The second-order valence-corrected chi connectivity index (χ2v) is 6.47. The minimum Gasteiger partial charge on any atom is -0.377 e. The molecule has 1 heterocycles. The molecule has 4 unspecified atom stereocenters. The molecule has 1 aromatic rings. The average molecular weight is 283 g/mol. The summed E-state index contributed by atoms with van der Waals surface area (Å²) in [7, 11) is 0. The molecule has 4 atom stereocenters. The van der Waals surface area contributed by atoms with E-state index in [9.17, 15) is 4.39 Å². The Labute approximate surface area is 118 Å². The van der Waals surface area contributed by atoms with Crippen molar-refractivity contribution in [3.05, 3.63) is 35.6 Å². The molecular weight excluding hydrogens is 261 g/mol. The van der Waals surface area contributed by atoms with Gasteiger partial charge >= 0.3 is 0 Å². The van der Waals surface area contributed by atoms with Gasteiger partial charge in [0.15, 0.2) is 0 Å². The van der Waals surface area contributed by atoms with Crippen LogP contribution < -0.4 is 5.73 Å². The van der Waals surface area contributed by atoms with Gasteiger partial charge in [0, 0.05) is 23.1 Å². The van der Waals surface area contributed by atoms with Gasteiger partial charge in [0.25, 0.3) is 0 Å². The SMILES string of the molecule is CCC(N)C(SC1CCOC1C)c1ccc(F)cc1. The molecule has 0 amide bonds. The van der Waals surface area contributed by atoms with Crippen molar-refractivity contribution in [3.63, 3.8) is 0 Å². The largest absolute Gasteiger partial charge is 0.377 e. The first-order valence-corrected chi connectivity index (χ1v) is 7.84. The molecule has 1 aliphatic rings. The van der Waals surface area contributed by atoms with Gasteiger partial charge in [0.2, 0.25) is 0 Å². The first-order valence-electron chi connectivity index (χ1n) is 6.90. The lowest BCUT2D eigenvalue weighted by Crippen LogP contribution is -2.28. The number of hydrogen-bond acceptors (Lipinski definition) is 3. The summed E-state index contributed by atoms with van der Waals surface area (Å²) in [6.45, 7) is 5.04. The fourth-order valence-electron chi connectivity index (χ4n) is 2.37. The molecule has 0 bridgehead atoms. The zero-order valence-electron chi connectivity index (χ0n) is 11.5. The zero-order chi connectivity index (χ0) is 13.8. The highest BCUT2D eigenvalue weighted by molar-refractivity contribution is 8.00. The second-order valence-electron chi connectivity index (χ2n) is 5.08. The van der Waals surface area contributed by atoms with Gasteiger partial charge in [-0.15, -0.1) is 11.8 Å². The van der Waals surface area contributed by atoms with Crippen LogP contribution in [0.5, 0.6) is 0 Å². The maximum Gasteiger partial charge on any atom is 0.123 e. The summed E-state index contributed by atoms with van der Waals surface area (Å²) in [5.41, 5.74) is 7.37. The third-order valence-corrected chi connectivity index (χ3v) is 5.57. The number of rotatable bonds is 5. The third-order valence-electron chi connectivity index (χ3n) is 3.69. The molecule has 0 saturated carbocycles. The van der Waals surface area contributed by atoms with Crippen molar-refractivity contribution in [3.8, 4) is 0 Å². The molecule has 2 rings (SSSR count). The van der Waals surface area contributed by atoms with E-state index in [1.165, 1.54) is 12.1 Å². The zero-order valence-corrected chi connectivity index (χ0v) is 12.3. The average Bonchev–Trinajstić information content (AvgIpc) is 2.82. The summed E-state index contributed by atoms with van der Waals surface area (Å²) < 4.78 is 18.7. The molecule has 106 valence electrons. The molecule has 2 nitrogen and oxygen atoms in total. The van der Waals surface area contributed by atoms with Crippen LogP contribution in [0.25, 0.3) is 0 Å². The number of nitrogens with two attached hydrogens (primary N) is 1. The molecule has 1 aliphatic heterocycles. The number of ether oxygens (including phenoxy) is 1. The van der Waals surface area contributed by atoms with E-state index in [0.29, 0.717) is 5.25 Å². The van der Waals surface area contributed by atoms with E-state index in [2.05, 4.69) is 13.8 Å². The second kappa shape index (κ2) is 6.73. The minimum absolute atomic E-state index is 0.0864. The van der Waals surface area contributed by atoms with E-state index in [-0.39, 0.29) is 23.2 Å². The van der Waals surface area contributed by atoms with Crippen LogP contribution in [0, 0.1) is 5.82 Å². The number of halogens is 1. The van der Waals surface area contributed by atoms with E-state index < -0.39 is 0 Å². The normalized spacial score (nSPS) is 26.3. The van der Waals surface area contributed by atoms with Gasteiger partial charge in [0.1, 0.15) is 5.82 Å². The predicted molar refractivity (Wildman–Crippen MR) is 78.8 cm³/mol. The Kier molecular flexibility index (Phi) is 5.25. The van der Waals surface area contributed by atoms with Gasteiger partial charge in [-0.3, -0.25) is 0 Å². The van der Waals surface area contributed by atoms with Gasteiger partial charge in [-0.1, -0.05) is 19.1 Å². The quantitative estimate of drug-likeness (QED) is 0.898. The fraction of sp³-hybridized carbons (Fsp3) is 0.600. The Morgan fingerprint density at radius 1 is 1.42 bits per heavy atom. The van der Waals surface area contributed by atoms with Crippen LogP contribution in [0.4, 0.5) is 4.39 Å². The van der Waals surface area contributed by atoms with E-state index >= 15 is 0 Å². The molecule has 0 radical (unpaired) electrons. The lowest BCUT2D eigenvalue weighted by molar-refractivity contribution is 0.127. The van der Waals surface area contributed by atoms with Crippen LogP contribution in [-0.2, 0) is 4.74 Å². The van der Waals surface area contributed by atoms with Gasteiger partial charge in [0.05, 0.1) is 6.10 Å². The molecule has 4 heteroatoms. The maximum absolute atomic E-state index is 13.0. The van der Waals surface area contributed by atoms with Crippen molar-refractivity contribution in [1.29, 1.82) is 0 Å². The maximum atomic E-state index is 13.0. The van der Waals surface area contributed by atoms with E-state index in [1.54, 1.807) is 0 Å². The Bertz CT molecular complexity index is 398.